The van der Waals surface area contributed by atoms with Gasteiger partial charge in [-0.15, -0.1) is 12.4 Å². The summed E-state index contributed by atoms with van der Waals surface area (Å²) in [7, 11) is -2.21. The first kappa shape index (κ1) is 18.9. The topological polar surface area (TPSA) is 83.7 Å². The van der Waals surface area contributed by atoms with Crippen LogP contribution in [0.25, 0.3) is 0 Å². The summed E-state index contributed by atoms with van der Waals surface area (Å²) in [4.78, 5) is 14.2. The van der Waals surface area contributed by atoms with Crippen LogP contribution in [0.5, 0.6) is 0 Å². The minimum Gasteiger partial charge on any atom is -0.337 e. The SMILES string of the molecule is CN(CC(=O)N1CCCC1CN)S(=O)(=O)c1ccccc1.Cl. The van der Waals surface area contributed by atoms with Crippen LogP contribution in [0.15, 0.2) is 35.2 Å². The van der Waals surface area contributed by atoms with E-state index < -0.39 is 10.0 Å². The second-order valence-corrected chi connectivity index (χ2v) is 7.24. The number of nitrogens with two attached hydrogens (primary N) is 1. The van der Waals surface area contributed by atoms with E-state index in [-0.39, 0.29) is 35.8 Å². The number of benzene rings is 1. The van der Waals surface area contributed by atoms with E-state index in [1.165, 1.54) is 19.2 Å². The zero-order valence-corrected chi connectivity index (χ0v) is 14.1. The number of sulfonamides is 1. The number of nitrogens with zero attached hydrogens (tertiary/aromatic N) is 2. The number of halogens is 1. The number of rotatable bonds is 5. The first-order chi connectivity index (χ1) is 9.96. The zero-order chi connectivity index (χ0) is 15.5. The third-order valence-corrected chi connectivity index (χ3v) is 5.60. The maximum atomic E-state index is 12.4. The van der Waals surface area contributed by atoms with E-state index in [1.54, 1.807) is 23.1 Å². The Bertz CT molecular complexity index is 595. The molecule has 1 atom stereocenters. The molecule has 0 spiro atoms. The van der Waals surface area contributed by atoms with Gasteiger partial charge in [0.15, 0.2) is 0 Å². The molecule has 124 valence electrons. The molecule has 1 aliphatic heterocycles. The lowest BCUT2D eigenvalue weighted by Gasteiger charge is -2.26. The Morgan fingerprint density at radius 3 is 2.59 bits per heavy atom. The van der Waals surface area contributed by atoms with Crippen LogP contribution >= 0.6 is 12.4 Å². The van der Waals surface area contributed by atoms with Gasteiger partial charge in [0.2, 0.25) is 15.9 Å². The van der Waals surface area contributed by atoms with E-state index in [2.05, 4.69) is 0 Å². The van der Waals surface area contributed by atoms with E-state index in [9.17, 15) is 13.2 Å². The highest BCUT2D eigenvalue weighted by Crippen LogP contribution is 2.18. The Morgan fingerprint density at radius 1 is 1.36 bits per heavy atom. The third-order valence-electron chi connectivity index (χ3n) is 3.78. The molecule has 0 aromatic heterocycles. The van der Waals surface area contributed by atoms with Crippen molar-refractivity contribution in [3.63, 3.8) is 0 Å². The van der Waals surface area contributed by atoms with E-state index in [4.69, 9.17) is 5.73 Å². The second-order valence-electron chi connectivity index (χ2n) is 5.19. The molecule has 1 amide bonds. The van der Waals surface area contributed by atoms with Crippen LogP contribution in [0.4, 0.5) is 0 Å². The molecule has 0 radical (unpaired) electrons. The van der Waals surface area contributed by atoms with Crippen LogP contribution in [-0.2, 0) is 14.8 Å². The molecule has 0 aliphatic carbocycles. The van der Waals surface area contributed by atoms with Crippen LogP contribution < -0.4 is 5.73 Å². The first-order valence-corrected chi connectivity index (χ1v) is 8.41. The monoisotopic (exact) mass is 347 g/mol. The molecule has 1 aromatic rings. The number of amides is 1. The van der Waals surface area contributed by atoms with Crippen molar-refractivity contribution in [3.8, 4) is 0 Å². The van der Waals surface area contributed by atoms with Crippen LogP contribution in [0.3, 0.4) is 0 Å². The Labute approximate surface area is 137 Å². The number of carbonyl (C=O) groups excluding carboxylic acids is 1. The minimum atomic E-state index is -3.63. The van der Waals surface area contributed by atoms with Gasteiger partial charge in [0.05, 0.1) is 11.4 Å². The number of likely N-dealkylation sites (tertiary alicyclic amines) is 1. The van der Waals surface area contributed by atoms with Crippen molar-refractivity contribution in [2.45, 2.75) is 23.8 Å². The third kappa shape index (κ3) is 3.98. The predicted molar refractivity (Wildman–Crippen MR) is 87.3 cm³/mol. The molecular weight excluding hydrogens is 326 g/mol. The highest BCUT2D eigenvalue weighted by molar-refractivity contribution is 7.89. The van der Waals surface area contributed by atoms with Crippen LogP contribution in [-0.4, -0.2) is 56.3 Å². The molecular formula is C14H22ClN3O3S. The van der Waals surface area contributed by atoms with Crippen molar-refractivity contribution in [2.24, 2.45) is 5.73 Å². The summed E-state index contributed by atoms with van der Waals surface area (Å²) in [5.41, 5.74) is 5.64. The standard InChI is InChI=1S/C14H21N3O3S.ClH/c1-16(21(19,20)13-7-3-2-4-8-13)11-14(18)17-9-5-6-12(17)10-15;/h2-4,7-8,12H,5-6,9-11,15H2,1H3;1H. The Kier molecular flexibility index (Phi) is 6.80. The molecule has 8 heteroatoms. The smallest absolute Gasteiger partial charge is 0.243 e. The van der Waals surface area contributed by atoms with Crippen molar-refractivity contribution in [1.82, 2.24) is 9.21 Å². The van der Waals surface area contributed by atoms with Gasteiger partial charge in [0.1, 0.15) is 0 Å². The van der Waals surface area contributed by atoms with Crippen LogP contribution in [0.1, 0.15) is 12.8 Å². The van der Waals surface area contributed by atoms with Crippen molar-refractivity contribution >= 4 is 28.3 Å². The largest absolute Gasteiger partial charge is 0.337 e. The highest BCUT2D eigenvalue weighted by Gasteiger charge is 2.30. The molecule has 1 heterocycles. The number of likely N-dealkylation sites (N-methyl/N-ethyl adjacent to an activating group) is 1. The molecule has 6 nitrogen and oxygen atoms in total. The molecule has 2 rings (SSSR count). The fourth-order valence-electron chi connectivity index (χ4n) is 2.55. The van der Waals surface area contributed by atoms with Crippen LogP contribution in [0, 0.1) is 0 Å². The van der Waals surface area contributed by atoms with E-state index >= 15 is 0 Å². The molecule has 1 fully saturated rings. The normalized spacial score (nSPS) is 18.3. The van der Waals surface area contributed by atoms with Gasteiger partial charge >= 0.3 is 0 Å². The number of carbonyl (C=O) groups is 1. The summed E-state index contributed by atoms with van der Waals surface area (Å²) in [6, 6.07) is 8.15. The summed E-state index contributed by atoms with van der Waals surface area (Å²) in [6.07, 6.45) is 1.81. The number of hydrogen-bond donors (Lipinski definition) is 1. The Morgan fingerprint density at radius 2 is 2.00 bits per heavy atom. The van der Waals surface area contributed by atoms with E-state index in [1.807, 2.05) is 0 Å². The summed E-state index contributed by atoms with van der Waals surface area (Å²) in [5.74, 6) is -0.190. The quantitative estimate of drug-likeness (QED) is 0.849. The molecule has 1 aliphatic rings. The lowest BCUT2D eigenvalue weighted by molar-refractivity contribution is -0.131. The minimum absolute atomic E-state index is 0. The van der Waals surface area contributed by atoms with Gasteiger partial charge in [-0.1, -0.05) is 18.2 Å². The molecule has 0 saturated carbocycles. The maximum Gasteiger partial charge on any atom is 0.243 e. The first-order valence-electron chi connectivity index (χ1n) is 6.97. The molecule has 2 N–H and O–H groups in total. The van der Waals surface area contributed by atoms with Gasteiger partial charge in [0, 0.05) is 26.2 Å². The average Bonchev–Trinajstić information content (AvgIpc) is 2.96. The zero-order valence-electron chi connectivity index (χ0n) is 12.5. The van der Waals surface area contributed by atoms with E-state index in [0.29, 0.717) is 13.1 Å². The maximum absolute atomic E-state index is 12.4. The highest BCUT2D eigenvalue weighted by atomic mass is 35.5. The van der Waals surface area contributed by atoms with Crippen LogP contribution in [0.2, 0.25) is 0 Å². The average molecular weight is 348 g/mol. The van der Waals surface area contributed by atoms with Gasteiger partial charge in [-0.05, 0) is 25.0 Å². The predicted octanol–water partition coefficient (Wildman–Crippen LogP) is 0.679. The van der Waals surface area contributed by atoms with Gasteiger partial charge in [0.25, 0.3) is 0 Å². The Hall–Kier alpha value is -1.15. The lowest BCUT2D eigenvalue weighted by Crippen LogP contribution is -2.45. The van der Waals surface area contributed by atoms with Gasteiger partial charge in [-0.25, -0.2) is 8.42 Å². The van der Waals surface area contributed by atoms with E-state index in [0.717, 1.165) is 17.1 Å². The fourth-order valence-corrected chi connectivity index (χ4v) is 3.69. The van der Waals surface area contributed by atoms with Gasteiger partial charge < -0.3 is 10.6 Å². The second kappa shape index (κ2) is 7.92. The molecule has 0 bridgehead atoms. The van der Waals surface area contributed by atoms with Crippen molar-refractivity contribution in [3.05, 3.63) is 30.3 Å². The Balaban J connectivity index is 0.00000242. The lowest BCUT2D eigenvalue weighted by atomic mass is 10.2. The number of hydrogen-bond acceptors (Lipinski definition) is 4. The summed E-state index contributed by atoms with van der Waals surface area (Å²) < 4.78 is 25.8. The van der Waals surface area contributed by atoms with Gasteiger partial charge in [-0.3, -0.25) is 4.79 Å². The van der Waals surface area contributed by atoms with Crippen molar-refractivity contribution < 1.29 is 13.2 Å². The molecule has 22 heavy (non-hydrogen) atoms. The summed E-state index contributed by atoms with van der Waals surface area (Å²) >= 11 is 0. The molecule has 1 aromatic carbocycles. The molecule has 1 saturated heterocycles. The summed E-state index contributed by atoms with van der Waals surface area (Å²) in [5, 5.41) is 0. The molecule has 1 unspecified atom stereocenters. The summed E-state index contributed by atoms with van der Waals surface area (Å²) in [6.45, 7) is 0.911. The van der Waals surface area contributed by atoms with Crippen molar-refractivity contribution in [1.29, 1.82) is 0 Å². The fraction of sp³-hybridized carbons (Fsp3) is 0.500. The van der Waals surface area contributed by atoms with Crippen molar-refractivity contribution in [2.75, 3.05) is 26.7 Å². The van der Waals surface area contributed by atoms with Gasteiger partial charge in [-0.2, -0.15) is 4.31 Å².